The summed E-state index contributed by atoms with van der Waals surface area (Å²) in [5.74, 6) is -0.144. The Hall–Kier alpha value is -1.84. The zero-order valence-electron chi connectivity index (χ0n) is 12.1. The van der Waals surface area contributed by atoms with Crippen molar-refractivity contribution in [2.45, 2.75) is 31.4 Å². The van der Waals surface area contributed by atoms with Crippen molar-refractivity contribution < 1.29 is 9.90 Å². The van der Waals surface area contributed by atoms with E-state index in [-0.39, 0.29) is 18.4 Å². The average molecular weight is 316 g/mol. The molecule has 3 nitrogen and oxygen atoms in total. The summed E-state index contributed by atoms with van der Waals surface area (Å²) in [5, 5.41) is 13.9. The molecule has 0 radical (unpaired) electrons. The number of nitrogens with one attached hydrogen (secondary N) is 1. The number of aliphatic hydroxyl groups is 1. The Morgan fingerprint density at radius 1 is 1.23 bits per heavy atom. The second-order valence-corrected chi connectivity index (χ2v) is 6.00. The van der Waals surface area contributed by atoms with Crippen LogP contribution in [0.2, 0.25) is 5.02 Å². The van der Waals surface area contributed by atoms with Gasteiger partial charge in [0.15, 0.2) is 0 Å². The van der Waals surface area contributed by atoms with E-state index < -0.39 is 6.10 Å². The van der Waals surface area contributed by atoms with Gasteiger partial charge in [0.1, 0.15) is 0 Å². The molecule has 2 aromatic carbocycles. The van der Waals surface area contributed by atoms with Gasteiger partial charge in [-0.05, 0) is 35.6 Å². The molecule has 114 valence electrons. The third-order valence-electron chi connectivity index (χ3n) is 4.11. The molecule has 2 aromatic rings. The Morgan fingerprint density at radius 2 is 2.00 bits per heavy atom. The lowest BCUT2D eigenvalue weighted by Gasteiger charge is -2.16. The molecule has 0 fully saturated rings. The van der Waals surface area contributed by atoms with E-state index in [0.717, 1.165) is 34.6 Å². The largest absolute Gasteiger partial charge is 0.388 e. The molecule has 0 aliphatic heterocycles. The Morgan fingerprint density at radius 3 is 2.77 bits per heavy atom. The summed E-state index contributed by atoms with van der Waals surface area (Å²) < 4.78 is 0. The highest BCUT2D eigenvalue weighted by Crippen LogP contribution is 2.35. The van der Waals surface area contributed by atoms with E-state index in [4.69, 9.17) is 11.6 Å². The summed E-state index contributed by atoms with van der Waals surface area (Å²) in [6, 6.07) is 15.0. The molecule has 2 atom stereocenters. The van der Waals surface area contributed by atoms with E-state index >= 15 is 0 Å². The van der Waals surface area contributed by atoms with Crippen LogP contribution in [0.5, 0.6) is 0 Å². The second kappa shape index (κ2) is 6.51. The van der Waals surface area contributed by atoms with E-state index in [1.54, 1.807) is 0 Å². The van der Waals surface area contributed by atoms with Gasteiger partial charge in [-0.1, -0.05) is 54.1 Å². The molecule has 0 saturated heterocycles. The molecular formula is C18H18ClNO2. The molecule has 22 heavy (non-hydrogen) atoms. The van der Waals surface area contributed by atoms with Crippen LogP contribution in [0, 0.1) is 0 Å². The monoisotopic (exact) mass is 315 g/mol. The Kier molecular flexibility index (Phi) is 4.46. The molecular weight excluding hydrogens is 298 g/mol. The van der Waals surface area contributed by atoms with E-state index in [9.17, 15) is 9.90 Å². The minimum Gasteiger partial charge on any atom is -0.388 e. The lowest BCUT2D eigenvalue weighted by molar-refractivity contribution is -0.123. The van der Waals surface area contributed by atoms with Crippen molar-refractivity contribution >= 4 is 17.5 Å². The maximum Gasteiger partial charge on any atom is 0.223 e. The first-order valence-corrected chi connectivity index (χ1v) is 7.82. The fraction of sp³-hybridized carbons (Fsp3) is 0.278. The fourth-order valence-corrected chi connectivity index (χ4v) is 3.26. The summed E-state index contributed by atoms with van der Waals surface area (Å²) in [5.41, 5.74) is 2.97. The van der Waals surface area contributed by atoms with Crippen molar-refractivity contribution in [1.29, 1.82) is 0 Å². The molecule has 1 aliphatic carbocycles. The van der Waals surface area contributed by atoms with Gasteiger partial charge >= 0.3 is 0 Å². The summed E-state index contributed by atoms with van der Waals surface area (Å²) in [7, 11) is 0. The molecule has 0 aromatic heterocycles. The molecule has 0 saturated carbocycles. The first-order valence-electron chi connectivity index (χ1n) is 7.45. The third-order valence-corrected chi connectivity index (χ3v) is 4.47. The maximum atomic E-state index is 12.2. The van der Waals surface area contributed by atoms with Gasteiger partial charge in [0.25, 0.3) is 0 Å². The van der Waals surface area contributed by atoms with Gasteiger partial charge in [-0.25, -0.2) is 0 Å². The standard InChI is InChI=1S/C18H18ClNO2/c19-15-8-4-7-14-13(15)9-10-16(14)20-18(22)11-17(21)12-5-2-1-3-6-12/h1-8,16-17,21H,9-11H2,(H,20,22). The summed E-state index contributed by atoms with van der Waals surface area (Å²) in [6.07, 6.45) is 1.02. The molecule has 2 unspecified atom stereocenters. The smallest absolute Gasteiger partial charge is 0.223 e. The summed E-state index contributed by atoms with van der Waals surface area (Å²) in [4.78, 5) is 12.2. The number of aliphatic hydroxyl groups excluding tert-OH is 1. The quantitative estimate of drug-likeness (QED) is 0.906. The van der Waals surface area contributed by atoms with Gasteiger partial charge in [-0.2, -0.15) is 0 Å². The predicted octanol–water partition coefficient (Wildman–Crippen LogP) is 3.57. The molecule has 1 amide bonds. The lowest BCUT2D eigenvalue weighted by atomic mass is 10.1. The van der Waals surface area contributed by atoms with Crippen LogP contribution in [0.25, 0.3) is 0 Å². The van der Waals surface area contributed by atoms with Crippen LogP contribution in [-0.4, -0.2) is 11.0 Å². The number of amides is 1. The van der Waals surface area contributed by atoms with E-state index in [2.05, 4.69) is 5.32 Å². The number of hydrogen-bond donors (Lipinski definition) is 2. The normalized spacial score (nSPS) is 17.8. The van der Waals surface area contributed by atoms with Gasteiger partial charge in [0, 0.05) is 5.02 Å². The van der Waals surface area contributed by atoms with Crippen LogP contribution in [0.15, 0.2) is 48.5 Å². The van der Waals surface area contributed by atoms with Crippen molar-refractivity contribution in [3.05, 3.63) is 70.2 Å². The molecule has 3 rings (SSSR count). The van der Waals surface area contributed by atoms with Crippen molar-refractivity contribution in [1.82, 2.24) is 5.32 Å². The minimum atomic E-state index is -0.776. The highest BCUT2D eigenvalue weighted by molar-refractivity contribution is 6.31. The number of benzene rings is 2. The van der Waals surface area contributed by atoms with Gasteiger partial charge in [0.2, 0.25) is 5.91 Å². The summed E-state index contributed by atoms with van der Waals surface area (Å²) >= 11 is 6.18. The van der Waals surface area contributed by atoms with E-state index in [1.807, 2.05) is 48.5 Å². The fourth-order valence-electron chi connectivity index (χ4n) is 2.98. The highest BCUT2D eigenvalue weighted by atomic mass is 35.5. The highest BCUT2D eigenvalue weighted by Gasteiger charge is 2.26. The summed E-state index contributed by atoms with van der Waals surface area (Å²) in [6.45, 7) is 0. The number of halogens is 1. The van der Waals surface area contributed by atoms with Gasteiger partial charge < -0.3 is 10.4 Å². The first kappa shape index (κ1) is 15.1. The van der Waals surface area contributed by atoms with Gasteiger partial charge in [0.05, 0.1) is 18.6 Å². The predicted molar refractivity (Wildman–Crippen MR) is 86.7 cm³/mol. The minimum absolute atomic E-state index is 0.0100. The number of hydrogen-bond acceptors (Lipinski definition) is 2. The first-order chi connectivity index (χ1) is 10.6. The van der Waals surface area contributed by atoms with Crippen LogP contribution in [0.1, 0.15) is 41.7 Å². The zero-order chi connectivity index (χ0) is 15.5. The number of carbonyl (C=O) groups excluding carboxylic acids is 1. The topological polar surface area (TPSA) is 49.3 Å². The molecule has 0 spiro atoms. The lowest BCUT2D eigenvalue weighted by Crippen LogP contribution is -2.28. The number of fused-ring (bicyclic) bond motifs is 1. The number of carbonyl (C=O) groups is 1. The molecule has 4 heteroatoms. The van der Waals surface area contributed by atoms with E-state index in [0.29, 0.717) is 0 Å². The Balaban J connectivity index is 1.63. The SMILES string of the molecule is O=C(CC(O)c1ccccc1)NC1CCc2c(Cl)cccc21. The van der Waals surface area contributed by atoms with Crippen molar-refractivity contribution in [3.8, 4) is 0 Å². The van der Waals surface area contributed by atoms with Crippen molar-refractivity contribution in [2.75, 3.05) is 0 Å². The van der Waals surface area contributed by atoms with Crippen LogP contribution in [0.3, 0.4) is 0 Å². The molecule has 1 aliphatic rings. The van der Waals surface area contributed by atoms with Crippen LogP contribution >= 0.6 is 11.6 Å². The molecule has 0 heterocycles. The van der Waals surface area contributed by atoms with Crippen LogP contribution in [-0.2, 0) is 11.2 Å². The maximum absolute atomic E-state index is 12.2. The van der Waals surface area contributed by atoms with Gasteiger partial charge in [-0.15, -0.1) is 0 Å². The zero-order valence-corrected chi connectivity index (χ0v) is 12.9. The Labute approximate surface area is 134 Å². The molecule has 2 N–H and O–H groups in total. The van der Waals surface area contributed by atoms with Gasteiger partial charge in [-0.3, -0.25) is 4.79 Å². The van der Waals surface area contributed by atoms with Crippen LogP contribution < -0.4 is 5.32 Å². The molecule has 0 bridgehead atoms. The van der Waals surface area contributed by atoms with Crippen LogP contribution in [0.4, 0.5) is 0 Å². The third kappa shape index (κ3) is 3.16. The Bertz CT molecular complexity index is 672. The van der Waals surface area contributed by atoms with Crippen molar-refractivity contribution in [2.24, 2.45) is 0 Å². The van der Waals surface area contributed by atoms with E-state index in [1.165, 1.54) is 0 Å². The van der Waals surface area contributed by atoms with Crippen molar-refractivity contribution in [3.63, 3.8) is 0 Å². The number of rotatable bonds is 4. The second-order valence-electron chi connectivity index (χ2n) is 5.60. The average Bonchev–Trinajstić information content (AvgIpc) is 2.92.